The van der Waals surface area contributed by atoms with Crippen molar-refractivity contribution < 1.29 is 14.6 Å². The Morgan fingerprint density at radius 3 is 2.94 bits per heavy atom. The maximum absolute atomic E-state index is 12.2. The number of nitrogens with zero attached hydrogens (tertiary/aromatic N) is 4. The summed E-state index contributed by atoms with van der Waals surface area (Å²) >= 11 is 0. The number of hydrogen-bond acceptors (Lipinski definition) is 6. The summed E-state index contributed by atoms with van der Waals surface area (Å²) in [4.78, 5) is 18.9. The van der Waals surface area contributed by atoms with Gasteiger partial charge in [-0.3, -0.25) is 14.4 Å². The van der Waals surface area contributed by atoms with E-state index >= 15 is 0 Å². The van der Waals surface area contributed by atoms with E-state index in [1.54, 1.807) is 4.68 Å². The fourth-order valence-corrected chi connectivity index (χ4v) is 5.20. The summed E-state index contributed by atoms with van der Waals surface area (Å²) in [6.07, 6.45) is 5.32. The molecule has 0 radical (unpaired) electrons. The van der Waals surface area contributed by atoms with Gasteiger partial charge in [0.25, 0.3) is 0 Å². The molecular weight excluding hydrogens is 430 g/mol. The molecule has 180 valence electrons. The minimum Gasteiger partial charge on any atom is -0.480 e. The number of hydrogen-bond donors (Lipinski definition) is 2. The number of aromatic nitrogens is 3. The number of aliphatic carboxylic acids is 1. The number of anilines is 1. The van der Waals surface area contributed by atoms with Gasteiger partial charge in [-0.2, -0.15) is 5.10 Å². The van der Waals surface area contributed by atoms with E-state index in [0.717, 1.165) is 65.9 Å². The van der Waals surface area contributed by atoms with Crippen LogP contribution in [0.3, 0.4) is 0 Å². The van der Waals surface area contributed by atoms with Crippen molar-refractivity contribution in [2.75, 3.05) is 31.6 Å². The maximum Gasteiger partial charge on any atom is 0.325 e. The lowest BCUT2D eigenvalue weighted by atomic mass is 9.98. The molecule has 8 heteroatoms. The fourth-order valence-electron chi connectivity index (χ4n) is 5.20. The zero-order valence-electron chi connectivity index (χ0n) is 20.0. The van der Waals surface area contributed by atoms with Crippen LogP contribution in [0.1, 0.15) is 47.8 Å². The average Bonchev–Trinajstić information content (AvgIpc) is 3.10. The van der Waals surface area contributed by atoms with E-state index in [2.05, 4.69) is 22.5 Å². The zero-order chi connectivity index (χ0) is 23.7. The largest absolute Gasteiger partial charge is 0.480 e. The number of pyridine rings is 1. The van der Waals surface area contributed by atoms with Gasteiger partial charge < -0.3 is 15.2 Å². The third-order valence-corrected chi connectivity index (χ3v) is 6.98. The van der Waals surface area contributed by atoms with Gasteiger partial charge in [0.1, 0.15) is 11.9 Å². The van der Waals surface area contributed by atoms with E-state index < -0.39 is 12.0 Å². The number of nitrogens with one attached hydrogen (secondary N) is 1. The molecule has 0 amide bonds. The van der Waals surface area contributed by atoms with Crippen LogP contribution in [0.4, 0.5) is 5.82 Å². The standard InChI is InChI=1S/C26H33N5O3/c1-17-21-9-5-10-22(23(21)30(2)29-17)24(26(32)33)31-15-20(16-31)34-14-4-3-8-19-12-11-18-7-6-13-27-25(18)28-19/h5,9-12,20,24H,3-4,6-8,13-16H2,1-2H3,(H,27,28)(H,32,33). The Morgan fingerprint density at radius 1 is 1.26 bits per heavy atom. The number of fused-ring (bicyclic) bond motifs is 2. The van der Waals surface area contributed by atoms with E-state index in [1.165, 1.54) is 12.0 Å². The van der Waals surface area contributed by atoms with Gasteiger partial charge in [-0.05, 0) is 50.7 Å². The van der Waals surface area contributed by atoms with Crippen LogP contribution in [-0.2, 0) is 29.4 Å². The Hall–Kier alpha value is -2.97. The van der Waals surface area contributed by atoms with Gasteiger partial charge in [0, 0.05) is 49.9 Å². The molecule has 2 aromatic heterocycles. The molecule has 0 aliphatic carbocycles. The van der Waals surface area contributed by atoms with Gasteiger partial charge in [-0.1, -0.05) is 24.3 Å². The summed E-state index contributed by atoms with van der Waals surface area (Å²) in [5.41, 5.74) is 5.05. The fraction of sp³-hybridized carbons (Fsp3) is 0.500. The summed E-state index contributed by atoms with van der Waals surface area (Å²) < 4.78 is 7.82. The Kier molecular flexibility index (Phi) is 6.52. The Bertz CT molecular complexity index is 1180. The first kappa shape index (κ1) is 22.8. The molecule has 1 fully saturated rings. The number of rotatable bonds is 9. The third-order valence-electron chi connectivity index (χ3n) is 6.98. The Balaban J connectivity index is 1.10. The SMILES string of the molecule is Cc1nn(C)c2c(C(C(=O)O)N3CC(OCCCCc4ccc5c(n4)NCCC5)C3)cccc12. The molecule has 2 aliphatic rings. The number of ether oxygens (including phenoxy) is 1. The second-order valence-corrected chi connectivity index (χ2v) is 9.44. The zero-order valence-corrected chi connectivity index (χ0v) is 20.0. The van der Waals surface area contributed by atoms with Crippen molar-refractivity contribution in [2.45, 2.75) is 51.2 Å². The van der Waals surface area contributed by atoms with Gasteiger partial charge in [0.2, 0.25) is 0 Å². The molecule has 1 unspecified atom stereocenters. The Morgan fingerprint density at radius 2 is 2.12 bits per heavy atom. The lowest BCUT2D eigenvalue weighted by Crippen LogP contribution is -2.55. The molecule has 3 aromatic rings. The molecule has 4 heterocycles. The molecule has 0 spiro atoms. The molecule has 5 rings (SSSR count). The van der Waals surface area contributed by atoms with Crippen LogP contribution in [0.2, 0.25) is 0 Å². The first-order chi connectivity index (χ1) is 16.5. The first-order valence-corrected chi connectivity index (χ1v) is 12.2. The predicted octanol–water partition coefficient (Wildman–Crippen LogP) is 3.48. The van der Waals surface area contributed by atoms with Gasteiger partial charge in [-0.25, -0.2) is 4.98 Å². The van der Waals surface area contributed by atoms with Crippen LogP contribution in [0.15, 0.2) is 30.3 Å². The average molecular weight is 464 g/mol. The van der Waals surface area contributed by atoms with Crippen molar-refractivity contribution in [2.24, 2.45) is 7.05 Å². The van der Waals surface area contributed by atoms with Gasteiger partial charge in [0.15, 0.2) is 0 Å². The normalized spacial score (nSPS) is 17.2. The highest BCUT2D eigenvalue weighted by atomic mass is 16.5. The van der Waals surface area contributed by atoms with Crippen molar-refractivity contribution in [3.8, 4) is 0 Å². The molecule has 1 atom stereocenters. The smallest absolute Gasteiger partial charge is 0.325 e. The first-order valence-electron chi connectivity index (χ1n) is 12.2. The number of likely N-dealkylation sites (tertiary alicyclic amines) is 1. The van der Waals surface area contributed by atoms with Crippen LogP contribution >= 0.6 is 0 Å². The number of carboxylic acid groups (broad SMARTS) is 1. The molecule has 2 aliphatic heterocycles. The van der Waals surface area contributed by atoms with Crippen molar-refractivity contribution >= 4 is 22.7 Å². The quantitative estimate of drug-likeness (QED) is 0.469. The van der Waals surface area contributed by atoms with Gasteiger partial charge in [0.05, 0.1) is 17.3 Å². The van der Waals surface area contributed by atoms with Crippen LogP contribution in [0.25, 0.3) is 10.9 Å². The number of carbonyl (C=O) groups is 1. The van der Waals surface area contributed by atoms with Crippen molar-refractivity contribution in [1.29, 1.82) is 0 Å². The number of carboxylic acids is 1. The van der Waals surface area contributed by atoms with Crippen LogP contribution in [0.5, 0.6) is 0 Å². The van der Waals surface area contributed by atoms with E-state index in [9.17, 15) is 9.90 Å². The number of para-hydroxylation sites is 1. The van der Waals surface area contributed by atoms with Gasteiger partial charge >= 0.3 is 5.97 Å². The van der Waals surface area contributed by atoms with Crippen LogP contribution in [-0.4, -0.2) is 63.1 Å². The molecule has 1 aromatic carbocycles. The summed E-state index contributed by atoms with van der Waals surface area (Å²) in [5.74, 6) is 0.219. The summed E-state index contributed by atoms with van der Waals surface area (Å²) in [7, 11) is 1.87. The monoisotopic (exact) mass is 463 g/mol. The van der Waals surface area contributed by atoms with E-state index in [1.807, 2.05) is 37.1 Å². The summed E-state index contributed by atoms with van der Waals surface area (Å²) in [6.45, 7) is 4.91. The van der Waals surface area contributed by atoms with E-state index in [0.29, 0.717) is 19.7 Å². The molecular formula is C26H33N5O3. The van der Waals surface area contributed by atoms with Crippen LogP contribution < -0.4 is 5.32 Å². The summed E-state index contributed by atoms with van der Waals surface area (Å²) in [6, 6.07) is 9.48. The molecule has 8 nitrogen and oxygen atoms in total. The number of unbranched alkanes of at least 4 members (excludes halogenated alkanes) is 1. The minimum atomic E-state index is -0.836. The topological polar surface area (TPSA) is 92.5 Å². The van der Waals surface area contributed by atoms with E-state index in [-0.39, 0.29) is 6.10 Å². The second-order valence-electron chi connectivity index (χ2n) is 9.44. The highest BCUT2D eigenvalue weighted by Crippen LogP contribution is 2.33. The van der Waals surface area contributed by atoms with Gasteiger partial charge in [-0.15, -0.1) is 0 Å². The number of aryl methyl sites for hydroxylation is 4. The third kappa shape index (κ3) is 4.52. The van der Waals surface area contributed by atoms with Crippen LogP contribution in [0, 0.1) is 6.92 Å². The summed E-state index contributed by atoms with van der Waals surface area (Å²) in [5, 5.41) is 18.9. The second kappa shape index (κ2) is 9.72. The lowest BCUT2D eigenvalue weighted by Gasteiger charge is -2.42. The maximum atomic E-state index is 12.2. The highest BCUT2D eigenvalue weighted by molar-refractivity contribution is 5.89. The van der Waals surface area contributed by atoms with Crippen molar-refractivity contribution in [3.63, 3.8) is 0 Å². The van der Waals surface area contributed by atoms with Crippen molar-refractivity contribution in [1.82, 2.24) is 19.7 Å². The molecule has 1 saturated heterocycles. The minimum absolute atomic E-state index is 0.0837. The molecule has 34 heavy (non-hydrogen) atoms. The number of benzene rings is 1. The Labute approximate surface area is 199 Å². The van der Waals surface area contributed by atoms with Crippen molar-refractivity contribution in [3.05, 3.63) is 52.8 Å². The highest BCUT2D eigenvalue weighted by Gasteiger charge is 2.38. The lowest BCUT2D eigenvalue weighted by molar-refractivity contribution is -0.150. The molecule has 2 N–H and O–H groups in total. The molecule has 0 bridgehead atoms. The predicted molar refractivity (Wildman–Crippen MR) is 131 cm³/mol. The molecule has 0 saturated carbocycles. The van der Waals surface area contributed by atoms with E-state index in [4.69, 9.17) is 9.72 Å².